The molecule has 0 bridgehead atoms. The molecule has 0 radical (unpaired) electrons. The molecule has 1 aromatic heterocycles. The van der Waals surface area contributed by atoms with Crippen molar-refractivity contribution in [2.24, 2.45) is 0 Å². The molecule has 1 aliphatic heterocycles. The third-order valence-electron chi connectivity index (χ3n) is 6.05. The molecule has 1 N–H and O–H groups in total. The van der Waals surface area contributed by atoms with E-state index in [4.69, 9.17) is 16.3 Å². The summed E-state index contributed by atoms with van der Waals surface area (Å²) in [4.78, 5) is 31.2. The molecule has 4 rings (SSSR count). The van der Waals surface area contributed by atoms with Crippen molar-refractivity contribution in [3.05, 3.63) is 81.0 Å². The Morgan fingerprint density at radius 2 is 1.89 bits per heavy atom. The number of fused-ring (bicyclic) bond motifs is 1. The molecule has 35 heavy (non-hydrogen) atoms. The number of carbonyl (C=O) groups is 2. The van der Waals surface area contributed by atoms with Crippen LogP contribution >= 0.6 is 22.9 Å². The van der Waals surface area contributed by atoms with Gasteiger partial charge in [-0.2, -0.15) is 0 Å². The van der Waals surface area contributed by atoms with E-state index in [0.717, 1.165) is 24.0 Å². The standard InChI is InChI=1S/C27H30ClN3O3S/c1-3-14-30(27(33)29-21-8-4-19(2)5-9-21)17-26(32)31-15-12-25-23(13-16-35-25)24(31)18-34-22-10-6-20(28)7-11-22/h4-11,13,16,24H,3,12,14-15,17-18H2,1-2H3,(H,29,33)/t24-/m0/s1. The van der Waals surface area contributed by atoms with Gasteiger partial charge in [-0.25, -0.2) is 4.79 Å². The fraction of sp³-hybridized carbons (Fsp3) is 0.333. The van der Waals surface area contributed by atoms with E-state index in [1.807, 2.05) is 55.1 Å². The summed E-state index contributed by atoms with van der Waals surface area (Å²) in [5, 5.41) is 5.63. The molecule has 3 amide bonds. The Hall–Kier alpha value is -3.03. The van der Waals surface area contributed by atoms with E-state index in [1.165, 1.54) is 4.88 Å². The number of rotatable bonds is 8. The summed E-state index contributed by atoms with van der Waals surface area (Å²) in [5.74, 6) is 0.619. The van der Waals surface area contributed by atoms with Gasteiger partial charge in [0.25, 0.3) is 0 Å². The van der Waals surface area contributed by atoms with Crippen molar-refractivity contribution >= 4 is 40.6 Å². The molecule has 0 saturated carbocycles. The third kappa shape index (κ3) is 6.35. The maximum Gasteiger partial charge on any atom is 0.322 e. The summed E-state index contributed by atoms with van der Waals surface area (Å²) in [6.45, 7) is 5.44. The maximum absolute atomic E-state index is 13.5. The van der Waals surface area contributed by atoms with Crippen molar-refractivity contribution in [2.75, 3.05) is 31.6 Å². The van der Waals surface area contributed by atoms with Crippen LogP contribution in [0.4, 0.5) is 10.5 Å². The summed E-state index contributed by atoms with van der Waals surface area (Å²) in [6, 6.07) is 16.4. The van der Waals surface area contributed by atoms with Gasteiger partial charge < -0.3 is 19.9 Å². The Bertz CT molecular complexity index is 1150. The number of anilines is 1. The van der Waals surface area contributed by atoms with E-state index in [-0.39, 0.29) is 24.5 Å². The molecule has 0 aliphatic carbocycles. The van der Waals surface area contributed by atoms with Gasteiger partial charge in [-0.05, 0) is 73.2 Å². The first-order valence-corrected chi connectivity index (χ1v) is 13.1. The van der Waals surface area contributed by atoms with Crippen molar-refractivity contribution in [3.8, 4) is 5.75 Å². The molecule has 3 aromatic rings. The average molecular weight is 512 g/mol. The molecule has 2 heterocycles. The monoisotopic (exact) mass is 511 g/mol. The molecule has 0 saturated heterocycles. The van der Waals surface area contributed by atoms with Crippen molar-refractivity contribution < 1.29 is 14.3 Å². The number of halogens is 1. The van der Waals surface area contributed by atoms with Crippen LogP contribution in [0.1, 0.15) is 35.4 Å². The maximum atomic E-state index is 13.5. The van der Waals surface area contributed by atoms with E-state index < -0.39 is 0 Å². The highest BCUT2D eigenvalue weighted by molar-refractivity contribution is 7.10. The number of amides is 3. The number of nitrogens with one attached hydrogen (secondary N) is 1. The summed E-state index contributed by atoms with van der Waals surface area (Å²) in [6.07, 6.45) is 1.56. The number of aryl methyl sites for hydroxylation is 1. The van der Waals surface area contributed by atoms with Crippen LogP contribution < -0.4 is 10.1 Å². The van der Waals surface area contributed by atoms with Gasteiger partial charge in [0.2, 0.25) is 5.91 Å². The molecule has 0 unspecified atom stereocenters. The smallest absolute Gasteiger partial charge is 0.322 e. The molecular formula is C27H30ClN3O3S. The normalized spacial score (nSPS) is 14.8. The van der Waals surface area contributed by atoms with Crippen LogP contribution in [0.3, 0.4) is 0 Å². The molecule has 8 heteroatoms. The first kappa shape index (κ1) is 25.1. The Balaban J connectivity index is 1.46. The zero-order valence-electron chi connectivity index (χ0n) is 20.0. The topological polar surface area (TPSA) is 61.9 Å². The Kier molecular flexibility index (Phi) is 8.31. The summed E-state index contributed by atoms with van der Waals surface area (Å²) >= 11 is 7.70. The van der Waals surface area contributed by atoms with Crippen LogP contribution in [0.5, 0.6) is 5.75 Å². The molecule has 184 valence electrons. The van der Waals surface area contributed by atoms with Crippen molar-refractivity contribution in [1.29, 1.82) is 0 Å². The van der Waals surface area contributed by atoms with Gasteiger partial charge in [0.15, 0.2) is 0 Å². The van der Waals surface area contributed by atoms with Crippen LogP contribution in [0.25, 0.3) is 0 Å². The lowest BCUT2D eigenvalue weighted by atomic mass is 10.0. The summed E-state index contributed by atoms with van der Waals surface area (Å²) in [7, 11) is 0. The van der Waals surface area contributed by atoms with Crippen LogP contribution in [0, 0.1) is 6.92 Å². The zero-order chi connectivity index (χ0) is 24.8. The third-order valence-corrected chi connectivity index (χ3v) is 7.29. The van der Waals surface area contributed by atoms with E-state index >= 15 is 0 Å². The highest BCUT2D eigenvalue weighted by Gasteiger charge is 2.33. The number of hydrogen-bond acceptors (Lipinski definition) is 4. The van der Waals surface area contributed by atoms with Gasteiger partial charge in [-0.1, -0.05) is 36.2 Å². The van der Waals surface area contributed by atoms with Crippen LogP contribution in [0.15, 0.2) is 60.0 Å². The molecular weight excluding hydrogens is 482 g/mol. The number of benzene rings is 2. The minimum atomic E-state index is -0.272. The molecule has 1 aliphatic rings. The van der Waals surface area contributed by atoms with Crippen molar-refractivity contribution in [3.63, 3.8) is 0 Å². The molecule has 0 spiro atoms. The lowest BCUT2D eigenvalue weighted by molar-refractivity contribution is -0.135. The van der Waals surface area contributed by atoms with Crippen molar-refractivity contribution in [1.82, 2.24) is 9.80 Å². The molecule has 2 aromatic carbocycles. The minimum Gasteiger partial charge on any atom is -0.491 e. The van der Waals surface area contributed by atoms with Gasteiger partial charge in [-0.15, -0.1) is 11.3 Å². The number of nitrogens with zero attached hydrogens (tertiary/aromatic N) is 2. The number of urea groups is 1. The summed E-state index contributed by atoms with van der Waals surface area (Å²) in [5.41, 5.74) is 2.95. The molecule has 1 atom stereocenters. The second-order valence-corrected chi connectivity index (χ2v) is 10.1. The molecule has 0 fully saturated rings. The fourth-order valence-corrected chi connectivity index (χ4v) is 5.25. The average Bonchev–Trinajstić information content (AvgIpc) is 3.34. The first-order valence-electron chi connectivity index (χ1n) is 11.8. The van der Waals surface area contributed by atoms with Gasteiger partial charge in [0.1, 0.15) is 18.9 Å². The van der Waals surface area contributed by atoms with Gasteiger partial charge in [-0.3, -0.25) is 4.79 Å². The number of carbonyl (C=O) groups excluding carboxylic acids is 2. The van der Waals surface area contributed by atoms with Crippen LogP contribution in [0.2, 0.25) is 5.02 Å². The van der Waals surface area contributed by atoms with Gasteiger partial charge >= 0.3 is 6.03 Å². The number of ether oxygens (including phenoxy) is 1. The Morgan fingerprint density at radius 1 is 1.14 bits per heavy atom. The highest BCUT2D eigenvalue weighted by Crippen LogP contribution is 2.34. The quantitative estimate of drug-likeness (QED) is 0.394. The second-order valence-electron chi connectivity index (χ2n) is 8.63. The molecule has 6 nitrogen and oxygen atoms in total. The number of thiophene rings is 1. The van der Waals surface area contributed by atoms with Gasteiger partial charge in [0.05, 0.1) is 6.04 Å². The van der Waals surface area contributed by atoms with Crippen LogP contribution in [-0.2, 0) is 11.2 Å². The second kappa shape index (κ2) is 11.6. The summed E-state index contributed by atoms with van der Waals surface area (Å²) < 4.78 is 6.05. The van der Waals surface area contributed by atoms with E-state index in [2.05, 4.69) is 16.8 Å². The van der Waals surface area contributed by atoms with Crippen molar-refractivity contribution in [2.45, 2.75) is 32.7 Å². The lowest BCUT2D eigenvalue weighted by Crippen LogP contribution is -2.48. The largest absolute Gasteiger partial charge is 0.491 e. The van der Waals surface area contributed by atoms with E-state index in [1.54, 1.807) is 28.4 Å². The Morgan fingerprint density at radius 3 is 2.60 bits per heavy atom. The Labute approximate surface area is 215 Å². The van der Waals surface area contributed by atoms with E-state index in [0.29, 0.717) is 36.2 Å². The van der Waals surface area contributed by atoms with Gasteiger partial charge in [0, 0.05) is 28.7 Å². The SMILES string of the molecule is CCCN(CC(=O)N1CCc2sccc2[C@@H]1COc1ccc(Cl)cc1)C(=O)Nc1ccc(C)cc1. The highest BCUT2D eigenvalue weighted by atomic mass is 35.5. The number of hydrogen-bond donors (Lipinski definition) is 1. The minimum absolute atomic E-state index is 0.0163. The van der Waals surface area contributed by atoms with Crippen LogP contribution in [-0.4, -0.2) is 48.0 Å². The van der Waals surface area contributed by atoms with E-state index in [9.17, 15) is 9.59 Å². The predicted octanol–water partition coefficient (Wildman–Crippen LogP) is 6.16. The predicted molar refractivity (Wildman–Crippen MR) is 141 cm³/mol. The fourth-order valence-electron chi connectivity index (χ4n) is 4.20. The zero-order valence-corrected chi connectivity index (χ0v) is 21.6. The first-order chi connectivity index (χ1) is 16.9. The lowest BCUT2D eigenvalue weighted by Gasteiger charge is -2.37.